The SMILES string of the molecule is CCS(=O)(=O)Nc1ccccc1C1=NN(S(=O)(=O)c2ccccc2)[C@@H](c2ccccc2)C1. The minimum Gasteiger partial charge on any atom is -0.283 e. The summed E-state index contributed by atoms with van der Waals surface area (Å²) in [6.07, 6.45) is 0.306. The summed E-state index contributed by atoms with van der Waals surface area (Å²) in [4.78, 5) is 0.144. The number of hydrogen-bond donors (Lipinski definition) is 1. The van der Waals surface area contributed by atoms with Crippen molar-refractivity contribution in [2.45, 2.75) is 24.3 Å². The summed E-state index contributed by atoms with van der Waals surface area (Å²) < 4.78 is 55.0. The zero-order valence-corrected chi connectivity index (χ0v) is 19.1. The van der Waals surface area contributed by atoms with Crippen LogP contribution in [0.5, 0.6) is 0 Å². The van der Waals surface area contributed by atoms with Crippen LogP contribution in [0.4, 0.5) is 5.69 Å². The molecule has 32 heavy (non-hydrogen) atoms. The molecule has 1 aliphatic rings. The first-order valence-corrected chi connectivity index (χ1v) is 13.2. The molecule has 0 saturated carbocycles. The van der Waals surface area contributed by atoms with Gasteiger partial charge in [-0.25, -0.2) is 8.42 Å². The van der Waals surface area contributed by atoms with E-state index in [-0.39, 0.29) is 10.6 Å². The largest absolute Gasteiger partial charge is 0.283 e. The van der Waals surface area contributed by atoms with Crippen LogP contribution >= 0.6 is 0 Å². The summed E-state index contributed by atoms with van der Waals surface area (Å²) in [5, 5.41) is 4.51. The highest BCUT2D eigenvalue weighted by Crippen LogP contribution is 2.38. The van der Waals surface area contributed by atoms with E-state index < -0.39 is 26.1 Å². The van der Waals surface area contributed by atoms with Gasteiger partial charge in [0.2, 0.25) is 10.0 Å². The molecule has 0 aromatic heterocycles. The van der Waals surface area contributed by atoms with Crippen molar-refractivity contribution >= 4 is 31.4 Å². The number of sulfonamides is 2. The summed E-state index contributed by atoms with van der Waals surface area (Å²) in [6.45, 7) is 1.55. The molecule has 1 atom stereocenters. The molecule has 0 amide bonds. The van der Waals surface area contributed by atoms with Crippen molar-refractivity contribution in [1.82, 2.24) is 4.41 Å². The third kappa shape index (κ3) is 4.39. The van der Waals surface area contributed by atoms with Crippen LogP contribution in [0.15, 0.2) is 94.9 Å². The zero-order valence-electron chi connectivity index (χ0n) is 17.4. The van der Waals surface area contributed by atoms with Gasteiger partial charge in [0.1, 0.15) is 0 Å². The predicted octanol–water partition coefficient (Wildman–Crippen LogP) is 3.99. The monoisotopic (exact) mass is 469 g/mol. The van der Waals surface area contributed by atoms with Gasteiger partial charge in [-0.3, -0.25) is 4.72 Å². The van der Waals surface area contributed by atoms with Gasteiger partial charge in [-0.15, -0.1) is 0 Å². The Labute approximate surface area is 188 Å². The molecule has 0 saturated heterocycles. The van der Waals surface area contributed by atoms with Gasteiger partial charge in [-0.05, 0) is 30.7 Å². The van der Waals surface area contributed by atoms with Crippen molar-refractivity contribution in [3.05, 3.63) is 96.1 Å². The smallest absolute Gasteiger partial charge is 0.279 e. The fraction of sp³-hybridized carbons (Fsp3) is 0.174. The molecule has 0 spiro atoms. The van der Waals surface area contributed by atoms with Crippen molar-refractivity contribution in [1.29, 1.82) is 0 Å². The third-order valence-electron chi connectivity index (χ3n) is 5.23. The average molecular weight is 470 g/mol. The molecule has 3 aromatic rings. The van der Waals surface area contributed by atoms with E-state index in [9.17, 15) is 16.8 Å². The van der Waals surface area contributed by atoms with Crippen LogP contribution in [0, 0.1) is 0 Å². The Morgan fingerprint density at radius 3 is 2.12 bits per heavy atom. The summed E-state index contributed by atoms with van der Waals surface area (Å²) >= 11 is 0. The van der Waals surface area contributed by atoms with Crippen molar-refractivity contribution in [2.75, 3.05) is 10.5 Å². The summed E-state index contributed by atoms with van der Waals surface area (Å²) in [7, 11) is -7.43. The van der Waals surface area contributed by atoms with E-state index in [1.165, 1.54) is 12.1 Å². The molecule has 7 nitrogen and oxygen atoms in total. The molecule has 166 valence electrons. The van der Waals surface area contributed by atoms with Crippen molar-refractivity contribution < 1.29 is 16.8 Å². The Hall–Kier alpha value is -3.17. The molecule has 0 fully saturated rings. The predicted molar refractivity (Wildman–Crippen MR) is 125 cm³/mol. The van der Waals surface area contributed by atoms with Gasteiger partial charge < -0.3 is 0 Å². The maximum Gasteiger partial charge on any atom is 0.279 e. The van der Waals surface area contributed by atoms with Crippen LogP contribution < -0.4 is 4.72 Å². The standard InChI is InChI=1S/C23H23N3O4S2/c1-2-31(27,28)25-21-16-10-9-15-20(21)22-17-23(18-11-5-3-6-12-18)26(24-22)32(29,30)19-13-7-4-8-14-19/h3-16,23,25H,2,17H2,1H3/t23-/m1/s1. The van der Waals surface area contributed by atoms with Gasteiger partial charge in [0.25, 0.3) is 10.0 Å². The number of nitrogens with zero attached hydrogens (tertiary/aromatic N) is 2. The summed E-state index contributed by atoms with van der Waals surface area (Å²) in [5.41, 5.74) is 2.22. The van der Waals surface area contributed by atoms with Crippen LogP contribution in [-0.4, -0.2) is 32.7 Å². The minimum atomic E-state index is -3.92. The molecule has 0 radical (unpaired) electrons. The van der Waals surface area contributed by atoms with Crippen molar-refractivity contribution in [3.63, 3.8) is 0 Å². The van der Waals surface area contributed by atoms with Gasteiger partial charge >= 0.3 is 0 Å². The van der Waals surface area contributed by atoms with Crippen LogP contribution in [0.2, 0.25) is 0 Å². The lowest BCUT2D eigenvalue weighted by Gasteiger charge is -2.23. The third-order valence-corrected chi connectivity index (χ3v) is 8.22. The van der Waals surface area contributed by atoms with Crippen LogP contribution in [0.1, 0.15) is 30.5 Å². The van der Waals surface area contributed by atoms with Gasteiger partial charge in [0, 0.05) is 12.0 Å². The van der Waals surface area contributed by atoms with E-state index in [2.05, 4.69) is 9.82 Å². The van der Waals surface area contributed by atoms with Crippen LogP contribution in [0.3, 0.4) is 0 Å². The number of para-hydroxylation sites is 1. The first-order valence-electron chi connectivity index (χ1n) is 10.1. The van der Waals surface area contributed by atoms with E-state index in [0.29, 0.717) is 23.4 Å². The lowest BCUT2D eigenvalue weighted by atomic mass is 9.98. The number of nitrogens with one attached hydrogen (secondary N) is 1. The second-order valence-corrected chi connectivity index (χ2v) is 11.1. The molecule has 9 heteroatoms. The van der Waals surface area contributed by atoms with Crippen LogP contribution in [0.25, 0.3) is 0 Å². The van der Waals surface area contributed by atoms with Crippen LogP contribution in [-0.2, 0) is 20.0 Å². The lowest BCUT2D eigenvalue weighted by Crippen LogP contribution is -2.27. The molecule has 1 aliphatic heterocycles. The second kappa shape index (κ2) is 8.76. The van der Waals surface area contributed by atoms with E-state index in [0.717, 1.165) is 9.98 Å². The number of hydrazone groups is 1. The molecular weight excluding hydrogens is 446 g/mol. The maximum absolute atomic E-state index is 13.5. The Bertz CT molecular complexity index is 1340. The normalized spacial score (nSPS) is 16.6. The number of benzene rings is 3. The average Bonchev–Trinajstić information content (AvgIpc) is 3.27. The lowest BCUT2D eigenvalue weighted by molar-refractivity contribution is 0.371. The highest BCUT2D eigenvalue weighted by atomic mass is 32.2. The van der Waals surface area contributed by atoms with E-state index in [1.54, 1.807) is 49.4 Å². The first-order chi connectivity index (χ1) is 15.3. The molecule has 0 unspecified atom stereocenters. The Kier molecular flexibility index (Phi) is 6.03. The molecule has 4 rings (SSSR count). The van der Waals surface area contributed by atoms with E-state index in [1.807, 2.05) is 30.3 Å². The molecule has 3 aromatic carbocycles. The fourth-order valence-corrected chi connectivity index (χ4v) is 5.67. The molecule has 1 N–H and O–H groups in total. The van der Waals surface area contributed by atoms with E-state index in [4.69, 9.17) is 0 Å². The molecular formula is C23H23N3O4S2. The molecule has 0 aliphatic carbocycles. The minimum absolute atomic E-state index is 0.0744. The first kappa shape index (κ1) is 22.0. The quantitative estimate of drug-likeness (QED) is 0.566. The summed E-state index contributed by atoms with van der Waals surface area (Å²) in [5.74, 6) is -0.0744. The highest BCUT2D eigenvalue weighted by Gasteiger charge is 2.38. The van der Waals surface area contributed by atoms with Gasteiger partial charge in [-0.2, -0.15) is 17.9 Å². The Morgan fingerprint density at radius 2 is 1.47 bits per heavy atom. The Morgan fingerprint density at radius 1 is 0.875 bits per heavy atom. The number of hydrogen-bond acceptors (Lipinski definition) is 5. The topological polar surface area (TPSA) is 95.9 Å². The van der Waals surface area contributed by atoms with Gasteiger partial charge in [0.15, 0.2) is 0 Å². The molecule has 0 bridgehead atoms. The highest BCUT2D eigenvalue weighted by molar-refractivity contribution is 7.92. The zero-order chi connectivity index (χ0) is 22.8. The summed E-state index contributed by atoms with van der Waals surface area (Å²) in [6, 6.07) is 23.8. The fourth-order valence-electron chi connectivity index (χ4n) is 3.56. The number of rotatable bonds is 7. The van der Waals surface area contributed by atoms with Crippen molar-refractivity contribution in [2.24, 2.45) is 5.10 Å². The van der Waals surface area contributed by atoms with Gasteiger partial charge in [0.05, 0.1) is 28.1 Å². The second-order valence-electron chi connectivity index (χ2n) is 7.32. The van der Waals surface area contributed by atoms with E-state index >= 15 is 0 Å². The molecule has 1 heterocycles. The maximum atomic E-state index is 13.5. The Balaban J connectivity index is 1.81. The number of anilines is 1. The van der Waals surface area contributed by atoms with Gasteiger partial charge in [-0.1, -0.05) is 66.7 Å². The van der Waals surface area contributed by atoms with Crippen molar-refractivity contribution in [3.8, 4) is 0 Å².